The Morgan fingerprint density at radius 3 is 2.32 bits per heavy atom. The van der Waals surface area contributed by atoms with Crippen LogP contribution in [0.15, 0.2) is 45.3 Å². The summed E-state index contributed by atoms with van der Waals surface area (Å²) < 4.78 is 2.53. The minimum atomic E-state index is -0.665. The van der Waals surface area contributed by atoms with E-state index in [2.05, 4.69) is 5.32 Å². The van der Waals surface area contributed by atoms with E-state index in [0.29, 0.717) is 29.9 Å². The minimum Gasteiger partial charge on any atom is -0.350 e. The first kappa shape index (κ1) is 22.5. The summed E-state index contributed by atoms with van der Waals surface area (Å²) in [5, 5.41) is 4.44. The van der Waals surface area contributed by atoms with Crippen LogP contribution in [0.1, 0.15) is 25.0 Å². The zero-order chi connectivity index (χ0) is 22.5. The molecule has 0 aliphatic carbocycles. The van der Waals surface area contributed by atoms with Gasteiger partial charge in [0.1, 0.15) is 17.8 Å². The van der Waals surface area contributed by atoms with Crippen molar-refractivity contribution in [1.82, 2.24) is 19.4 Å². The predicted molar refractivity (Wildman–Crippen MR) is 121 cm³/mol. The van der Waals surface area contributed by atoms with Gasteiger partial charge in [0.05, 0.1) is 5.52 Å². The van der Waals surface area contributed by atoms with Gasteiger partial charge in [0, 0.05) is 19.6 Å². The molecule has 0 aliphatic heterocycles. The molecule has 0 fully saturated rings. The Hall–Kier alpha value is -3.20. The van der Waals surface area contributed by atoms with Crippen LogP contribution < -0.4 is 16.6 Å². The van der Waals surface area contributed by atoms with Gasteiger partial charge in [0.2, 0.25) is 11.8 Å². The molecule has 2 heterocycles. The Morgan fingerprint density at radius 1 is 1.00 bits per heavy atom. The van der Waals surface area contributed by atoms with E-state index in [-0.39, 0.29) is 12.5 Å². The molecule has 0 spiro atoms. The summed E-state index contributed by atoms with van der Waals surface area (Å²) in [6.07, 6.45) is 0. The largest absolute Gasteiger partial charge is 0.350 e. The maximum absolute atomic E-state index is 13.1. The van der Waals surface area contributed by atoms with Gasteiger partial charge in [0.25, 0.3) is 5.56 Å². The fourth-order valence-corrected chi connectivity index (χ4v) is 4.19. The molecule has 1 N–H and O–H groups in total. The van der Waals surface area contributed by atoms with Crippen LogP contribution in [-0.4, -0.2) is 38.9 Å². The van der Waals surface area contributed by atoms with Crippen LogP contribution in [0.3, 0.4) is 0 Å². The van der Waals surface area contributed by atoms with E-state index < -0.39 is 23.7 Å². The zero-order valence-electron chi connectivity index (χ0n) is 17.9. The molecule has 0 bridgehead atoms. The maximum atomic E-state index is 13.1. The first-order valence-electron chi connectivity index (χ1n) is 10.2. The number of hydrogen-bond donors (Lipinski definition) is 1. The summed E-state index contributed by atoms with van der Waals surface area (Å²) in [4.78, 5) is 52.6. The van der Waals surface area contributed by atoms with Crippen LogP contribution in [0.2, 0.25) is 0 Å². The molecule has 2 amide bonds. The first-order valence-corrected chi connectivity index (χ1v) is 11.0. The number of likely N-dealkylation sites (N-methyl/N-ethyl adjacent to an activating group) is 1. The Labute approximate surface area is 183 Å². The third-order valence-corrected chi connectivity index (χ3v) is 6.05. The molecule has 9 heteroatoms. The van der Waals surface area contributed by atoms with Gasteiger partial charge >= 0.3 is 5.69 Å². The molecule has 0 atom stereocenters. The molecule has 164 valence electrons. The highest BCUT2D eigenvalue weighted by Gasteiger charge is 2.19. The summed E-state index contributed by atoms with van der Waals surface area (Å²) in [6.45, 7) is 6.47. The molecule has 0 unspecified atom stereocenters. The number of rotatable bonds is 8. The van der Waals surface area contributed by atoms with Crippen molar-refractivity contribution >= 4 is 33.4 Å². The van der Waals surface area contributed by atoms with Crippen molar-refractivity contribution in [1.29, 1.82) is 0 Å². The molecular formula is C22H26N4O4S. The topological polar surface area (TPSA) is 93.4 Å². The van der Waals surface area contributed by atoms with Gasteiger partial charge in [-0.3, -0.25) is 19.0 Å². The fraction of sp³-hybridized carbons (Fsp3) is 0.364. The molecule has 31 heavy (non-hydrogen) atoms. The summed E-state index contributed by atoms with van der Waals surface area (Å²) in [7, 11) is 0. The summed E-state index contributed by atoms with van der Waals surface area (Å²) >= 11 is 1.19. The number of nitrogens with zero attached hydrogens (tertiary/aromatic N) is 3. The molecule has 1 aromatic carbocycles. The molecular weight excluding hydrogens is 416 g/mol. The fourth-order valence-electron chi connectivity index (χ4n) is 3.34. The highest BCUT2D eigenvalue weighted by atomic mass is 32.1. The number of benzene rings is 1. The second-order valence-corrected chi connectivity index (χ2v) is 8.14. The van der Waals surface area contributed by atoms with Crippen molar-refractivity contribution in [3.05, 3.63) is 67.7 Å². The van der Waals surface area contributed by atoms with Gasteiger partial charge in [-0.2, -0.15) is 0 Å². The van der Waals surface area contributed by atoms with E-state index in [0.717, 1.165) is 15.7 Å². The molecule has 2 aromatic heterocycles. The maximum Gasteiger partial charge on any atom is 0.332 e. The number of carbonyl (C=O) groups excluding carboxylic acids is 2. The van der Waals surface area contributed by atoms with Crippen molar-refractivity contribution in [3.63, 3.8) is 0 Å². The van der Waals surface area contributed by atoms with Crippen molar-refractivity contribution in [2.45, 2.75) is 40.4 Å². The standard InChI is InChI=1S/C22H26N4O4S/c1-4-24(5-2)19(28)14-25-17-10-11-31-20(17)21(29)26(22(25)30)13-18(27)23-12-16-8-6-15(3)7-9-16/h6-11H,4-5,12-14H2,1-3H3,(H,23,27). The van der Waals surface area contributed by atoms with E-state index in [1.54, 1.807) is 16.3 Å². The zero-order valence-corrected chi connectivity index (χ0v) is 18.7. The smallest absolute Gasteiger partial charge is 0.332 e. The Balaban J connectivity index is 1.87. The average molecular weight is 443 g/mol. The summed E-state index contributed by atoms with van der Waals surface area (Å²) in [5.74, 6) is -0.661. The van der Waals surface area contributed by atoms with Gasteiger partial charge in [0.15, 0.2) is 0 Å². The predicted octanol–water partition coefficient (Wildman–Crippen LogP) is 1.72. The van der Waals surface area contributed by atoms with Gasteiger partial charge in [-0.15, -0.1) is 11.3 Å². The molecule has 8 nitrogen and oxygen atoms in total. The van der Waals surface area contributed by atoms with Crippen LogP contribution in [0.4, 0.5) is 0 Å². The molecule has 3 aromatic rings. The van der Waals surface area contributed by atoms with E-state index >= 15 is 0 Å². The lowest BCUT2D eigenvalue weighted by molar-refractivity contribution is -0.131. The average Bonchev–Trinajstić information content (AvgIpc) is 3.24. The van der Waals surface area contributed by atoms with Crippen LogP contribution in [0, 0.1) is 6.92 Å². The number of aryl methyl sites for hydroxylation is 1. The van der Waals surface area contributed by atoms with Crippen LogP contribution in [0.25, 0.3) is 10.2 Å². The van der Waals surface area contributed by atoms with E-state index in [1.165, 1.54) is 15.9 Å². The number of carbonyl (C=O) groups is 2. The number of amides is 2. The highest BCUT2D eigenvalue weighted by Crippen LogP contribution is 2.15. The third-order valence-electron chi connectivity index (χ3n) is 5.16. The van der Waals surface area contributed by atoms with Gasteiger partial charge < -0.3 is 10.2 Å². The minimum absolute atomic E-state index is 0.182. The van der Waals surface area contributed by atoms with Crippen molar-refractivity contribution in [3.8, 4) is 0 Å². The number of aromatic nitrogens is 2. The second kappa shape index (κ2) is 9.74. The van der Waals surface area contributed by atoms with E-state index in [4.69, 9.17) is 0 Å². The monoisotopic (exact) mass is 442 g/mol. The Bertz CT molecular complexity index is 1200. The van der Waals surface area contributed by atoms with Crippen molar-refractivity contribution in [2.24, 2.45) is 0 Å². The summed E-state index contributed by atoms with van der Waals surface area (Å²) in [5.41, 5.74) is 1.26. The highest BCUT2D eigenvalue weighted by molar-refractivity contribution is 7.17. The van der Waals surface area contributed by atoms with E-state index in [9.17, 15) is 19.2 Å². The second-order valence-electron chi connectivity index (χ2n) is 7.22. The van der Waals surface area contributed by atoms with Gasteiger partial charge in [-0.05, 0) is 37.8 Å². The molecule has 3 rings (SSSR count). The van der Waals surface area contributed by atoms with Crippen LogP contribution in [-0.2, 0) is 29.2 Å². The molecule has 0 saturated carbocycles. The lowest BCUT2D eigenvalue weighted by atomic mass is 10.1. The first-order chi connectivity index (χ1) is 14.8. The number of hydrogen-bond acceptors (Lipinski definition) is 5. The van der Waals surface area contributed by atoms with Gasteiger partial charge in [-0.1, -0.05) is 29.8 Å². The number of fused-ring (bicyclic) bond motifs is 1. The van der Waals surface area contributed by atoms with Crippen molar-refractivity contribution < 1.29 is 9.59 Å². The molecule has 0 saturated heterocycles. The molecule has 0 radical (unpaired) electrons. The SMILES string of the molecule is CCN(CC)C(=O)Cn1c(=O)n(CC(=O)NCc2ccc(C)cc2)c(=O)c2sccc21. The quantitative estimate of drug-likeness (QED) is 0.575. The Morgan fingerprint density at radius 2 is 1.68 bits per heavy atom. The Kier molecular flexibility index (Phi) is 7.06. The molecule has 0 aliphatic rings. The van der Waals surface area contributed by atoms with Crippen molar-refractivity contribution in [2.75, 3.05) is 13.1 Å². The van der Waals surface area contributed by atoms with E-state index in [1.807, 2.05) is 45.0 Å². The number of thiophene rings is 1. The van der Waals surface area contributed by atoms with Gasteiger partial charge in [-0.25, -0.2) is 9.36 Å². The third kappa shape index (κ3) is 4.93. The van der Waals surface area contributed by atoms with Crippen LogP contribution in [0.5, 0.6) is 0 Å². The van der Waals surface area contributed by atoms with Crippen LogP contribution >= 0.6 is 11.3 Å². The normalized spacial score (nSPS) is 10.9. The summed E-state index contributed by atoms with van der Waals surface area (Å²) in [6, 6.07) is 9.36. The lowest BCUT2D eigenvalue weighted by Crippen LogP contribution is -2.45. The number of nitrogens with one attached hydrogen (secondary N) is 1. The lowest BCUT2D eigenvalue weighted by Gasteiger charge is -2.20.